The van der Waals surface area contributed by atoms with Crippen molar-refractivity contribution in [3.8, 4) is 0 Å². The van der Waals surface area contributed by atoms with Crippen molar-refractivity contribution >= 4 is 22.8 Å². The third-order valence-electron chi connectivity index (χ3n) is 7.45. The molecule has 1 fully saturated rings. The maximum absolute atomic E-state index is 13.6. The fraction of sp³-hybridized carbons (Fsp3) is 0.448. The molecule has 0 bridgehead atoms. The van der Waals surface area contributed by atoms with E-state index in [0.29, 0.717) is 24.5 Å². The van der Waals surface area contributed by atoms with Crippen LogP contribution in [-0.2, 0) is 26.4 Å². The fourth-order valence-electron chi connectivity index (χ4n) is 4.89. The Labute approximate surface area is 242 Å². The van der Waals surface area contributed by atoms with Crippen molar-refractivity contribution in [2.45, 2.75) is 71.2 Å². The van der Waals surface area contributed by atoms with Gasteiger partial charge in [0.2, 0.25) is 0 Å². The third-order valence-corrected chi connectivity index (χ3v) is 7.45. The van der Waals surface area contributed by atoms with Crippen molar-refractivity contribution in [1.82, 2.24) is 30.1 Å². The second kappa shape index (κ2) is 13.1. The van der Waals surface area contributed by atoms with Crippen molar-refractivity contribution in [1.29, 1.82) is 0 Å². The molecule has 2 atom stereocenters. The molecule has 2 unspecified atom stereocenters. The van der Waals surface area contributed by atoms with E-state index in [1.165, 1.54) is 0 Å². The average molecular weight is 581 g/mol. The van der Waals surface area contributed by atoms with E-state index in [1.54, 1.807) is 6.26 Å². The first kappa shape index (κ1) is 30.6. The minimum Gasteiger partial charge on any atom is -0.473 e. The number of H-pyrrole nitrogens is 1. The van der Waals surface area contributed by atoms with Crippen molar-refractivity contribution in [2.24, 2.45) is 0 Å². The number of nitrogens with one attached hydrogen (secondary N) is 1. The first-order chi connectivity index (χ1) is 20.0. The molecule has 3 aromatic heterocycles. The van der Waals surface area contributed by atoms with E-state index >= 15 is 0 Å². The van der Waals surface area contributed by atoms with Gasteiger partial charge >= 0.3 is 11.9 Å². The van der Waals surface area contributed by atoms with Crippen molar-refractivity contribution in [3.05, 3.63) is 75.7 Å². The Bertz CT molecular complexity index is 1560. The molecule has 13 heteroatoms. The molecule has 0 aliphatic carbocycles. The highest BCUT2D eigenvalue weighted by Crippen LogP contribution is 2.33. The zero-order valence-corrected chi connectivity index (χ0v) is 24.1. The number of ether oxygens (including phenoxy) is 1. The van der Waals surface area contributed by atoms with Gasteiger partial charge < -0.3 is 24.4 Å². The average Bonchev–Trinajstić information content (AvgIpc) is 3.73. The van der Waals surface area contributed by atoms with Gasteiger partial charge in [0.15, 0.2) is 5.82 Å². The molecule has 0 saturated carbocycles. The van der Waals surface area contributed by atoms with Gasteiger partial charge in [-0.25, -0.2) is 14.3 Å². The maximum atomic E-state index is 13.6. The second-order valence-corrected chi connectivity index (χ2v) is 10.9. The molecule has 13 nitrogen and oxygen atoms in total. The first-order valence-electron chi connectivity index (χ1n) is 13.8. The number of hydrogen-bond acceptors (Lipinski definition) is 9. The van der Waals surface area contributed by atoms with E-state index in [2.05, 4.69) is 52.2 Å². The summed E-state index contributed by atoms with van der Waals surface area (Å²) in [5.41, 5.74) is 2.01. The van der Waals surface area contributed by atoms with Gasteiger partial charge in [-0.15, -0.1) is 5.10 Å². The van der Waals surface area contributed by atoms with Gasteiger partial charge in [-0.3, -0.25) is 9.69 Å². The summed E-state index contributed by atoms with van der Waals surface area (Å²) < 4.78 is 13.6. The number of pyridine rings is 1. The molecule has 0 radical (unpaired) electrons. The summed E-state index contributed by atoms with van der Waals surface area (Å²) in [6.45, 7) is 10.2. The summed E-state index contributed by atoms with van der Waals surface area (Å²) in [5.74, 6) is -2.21. The van der Waals surface area contributed by atoms with Crippen LogP contribution in [0, 0.1) is 6.92 Å². The second-order valence-electron chi connectivity index (χ2n) is 10.9. The normalized spacial score (nSPS) is 15.9. The quantitative estimate of drug-likeness (QED) is 0.247. The minimum absolute atomic E-state index is 0.0631. The first-order valence-corrected chi connectivity index (χ1v) is 13.8. The van der Waals surface area contributed by atoms with Crippen LogP contribution in [-0.4, -0.2) is 71.5 Å². The number of aliphatic carboxylic acids is 2. The van der Waals surface area contributed by atoms with Crippen LogP contribution in [0.4, 0.5) is 0 Å². The summed E-state index contributed by atoms with van der Waals surface area (Å²) in [5, 5.41) is 28.7. The van der Waals surface area contributed by atoms with Crippen molar-refractivity contribution in [2.75, 3.05) is 13.2 Å². The number of hydrogen-bond donors (Lipinski definition) is 3. The molecule has 1 saturated heterocycles. The Hall–Kier alpha value is -4.36. The van der Waals surface area contributed by atoms with Crippen LogP contribution in [0.1, 0.15) is 68.8 Å². The van der Waals surface area contributed by atoms with Gasteiger partial charge in [0.05, 0.1) is 24.5 Å². The van der Waals surface area contributed by atoms with Crippen molar-refractivity contribution < 1.29 is 29.0 Å². The minimum atomic E-state index is -1.82. The lowest BCUT2D eigenvalue weighted by Crippen LogP contribution is -2.41. The molecular formula is C29H36N6O7. The van der Waals surface area contributed by atoms with Crippen LogP contribution in [0.3, 0.4) is 0 Å². The number of benzene rings is 1. The number of aromatic amines is 1. The van der Waals surface area contributed by atoms with Crippen LogP contribution in [0.2, 0.25) is 0 Å². The molecule has 0 amide bonds. The molecule has 5 rings (SSSR count). The van der Waals surface area contributed by atoms with Crippen LogP contribution < -0.4 is 5.56 Å². The van der Waals surface area contributed by atoms with E-state index < -0.39 is 18.0 Å². The zero-order chi connectivity index (χ0) is 30.4. The molecule has 1 aromatic carbocycles. The van der Waals surface area contributed by atoms with Crippen LogP contribution in [0.25, 0.3) is 10.9 Å². The number of tetrazole rings is 1. The number of carboxylic acids is 2. The zero-order valence-electron chi connectivity index (χ0n) is 24.1. The topological polar surface area (TPSA) is 177 Å². The lowest BCUT2D eigenvalue weighted by atomic mass is 9.98. The number of furan rings is 1. The molecule has 4 heterocycles. The van der Waals surface area contributed by atoms with E-state index in [-0.39, 0.29) is 17.2 Å². The molecule has 3 N–H and O–H groups in total. The Kier molecular flexibility index (Phi) is 9.53. The Balaban J connectivity index is 0.000000612. The highest BCUT2D eigenvalue weighted by atomic mass is 16.5. The van der Waals surface area contributed by atoms with E-state index in [1.807, 2.05) is 41.9 Å². The van der Waals surface area contributed by atoms with E-state index in [9.17, 15) is 4.79 Å². The molecule has 4 aromatic rings. The number of aryl methyl sites for hydroxylation is 1. The summed E-state index contributed by atoms with van der Waals surface area (Å²) in [4.78, 5) is 37.2. The third kappa shape index (κ3) is 7.09. The van der Waals surface area contributed by atoms with E-state index in [0.717, 1.165) is 48.1 Å². The summed E-state index contributed by atoms with van der Waals surface area (Å²) in [7, 11) is 0. The van der Waals surface area contributed by atoms with Gasteiger partial charge in [0.1, 0.15) is 11.8 Å². The molecular weight excluding hydrogens is 544 g/mol. The number of rotatable bonds is 9. The van der Waals surface area contributed by atoms with Crippen LogP contribution in [0.15, 0.2) is 51.9 Å². The van der Waals surface area contributed by atoms with Gasteiger partial charge in [0, 0.05) is 24.2 Å². The summed E-state index contributed by atoms with van der Waals surface area (Å²) in [6.07, 6.45) is 4.56. The number of carboxylic acid groups (broad SMARTS) is 2. The van der Waals surface area contributed by atoms with Crippen LogP contribution >= 0.6 is 0 Å². The summed E-state index contributed by atoms with van der Waals surface area (Å²) >= 11 is 0. The number of nitrogens with zero attached hydrogens (tertiary/aromatic N) is 5. The van der Waals surface area contributed by atoms with Gasteiger partial charge in [-0.1, -0.05) is 19.1 Å². The molecule has 224 valence electrons. The van der Waals surface area contributed by atoms with Gasteiger partial charge in [-0.2, -0.15) is 0 Å². The lowest BCUT2D eigenvalue weighted by molar-refractivity contribution is -0.159. The Morgan fingerprint density at radius 2 is 1.98 bits per heavy atom. The molecule has 1 aliphatic heterocycles. The number of fused-ring (bicyclic) bond motifs is 1. The smallest absolute Gasteiger partial charge is 0.414 e. The molecule has 42 heavy (non-hydrogen) atoms. The molecule has 1 aliphatic rings. The number of aromatic nitrogens is 5. The van der Waals surface area contributed by atoms with E-state index in [4.69, 9.17) is 29.0 Å². The lowest BCUT2D eigenvalue weighted by Gasteiger charge is -2.34. The maximum Gasteiger partial charge on any atom is 0.414 e. The van der Waals surface area contributed by atoms with Gasteiger partial charge in [-0.05, 0) is 85.7 Å². The Morgan fingerprint density at radius 1 is 1.21 bits per heavy atom. The standard InChI is InChI=1S/C27H34N6O3.C2H2O4/c1-5-27(3,4)33-25(29-30-31-33)24(22-15-19-11-10-18(2)14-23(19)28-26(22)34)32(16-20-8-6-12-35-20)17-21-9-7-13-36-21;3-1(4)2(5)6/h6,8,10-12,14-15,21,24H,5,7,9,13,16-17H2,1-4H3,(H,28,34);(H,3,4)(H,5,6). The summed E-state index contributed by atoms with van der Waals surface area (Å²) in [6, 6.07) is 11.4. The highest BCUT2D eigenvalue weighted by Gasteiger charge is 2.36. The predicted molar refractivity (Wildman–Crippen MR) is 152 cm³/mol. The highest BCUT2D eigenvalue weighted by molar-refractivity contribution is 6.27. The largest absolute Gasteiger partial charge is 0.473 e. The predicted octanol–water partition coefficient (Wildman–Crippen LogP) is 3.49. The molecule has 0 spiro atoms. The van der Waals surface area contributed by atoms with Gasteiger partial charge in [0.25, 0.3) is 5.56 Å². The van der Waals surface area contributed by atoms with Crippen molar-refractivity contribution in [3.63, 3.8) is 0 Å². The monoisotopic (exact) mass is 580 g/mol. The van der Waals surface area contributed by atoms with Crippen LogP contribution in [0.5, 0.6) is 0 Å². The fourth-order valence-corrected chi connectivity index (χ4v) is 4.89. The Morgan fingerprint density at radius 3 is 2.60 bits per heavy atom. The number of carbonyl (C=O) groups is 2. The SMILES string of the molecule is CCC(C)(C)n1nnnc1C(c1cc2ccc(C)cc2[nH]c1=O)N(Cc1ccco1)CC1CCCO1.O=C(O)C(=O)O.